The molecular weight excluding hydrogens is 202 g/mol. The van der Waals surface area contributed by atoms with Crippen molar-refractivity contribution in [1.82, 2.24) is 9.97 Å². The fourth-order valence-electron chi connectivity index (χ4n) is 1.41. The fraction of sp³-hybridized carbons (Fsp3) is 0. The molecule has 0 unspecified atom stereocenters. The number of hydrogen-bond donors (Lipinski definition) is 3. The number of rotatable bonds is 2. The molecule has 2 aromatic rings. The van der Waals surface area contributed by atoms with E-state index in [9.17, 15) is 0 Å². The van der Waals surface area contributed by atoms with Gasteiger partial charge >= 0.3 is 0 Å². The Morgan fingerprint density at radius 3 is 2.81 bits per heavy atom. The third-order valence-corrected chi connectivity index (χ3v) is 2.23. The summed E-state index contributed by atoms with van der Waals surface area (Å²) >= 11 is 0. The molecule has 0 fully saturated rings. The van der Waals surface area contributed by atoms with Crippen molar-refractivity contribution in [2.24, 2.45) is 5.73 Å². The van der Waals surface area contributed by atoms with Gasteiger partial charge in [-0.3, -0.25) is 4.98 Å². The maximum absolute atomic E-state index is 7.20. The van der Waals surface area contributed by atoms with Crippen molar-refractivity contribution in [1.29, 1.82) is 5.41 Å². The maximum atomic E-state index is 7.20. The van der Waals surface area contributed by atoms with Gasteiger partial charge in [-0.1, -0.05) is 0 Å². The molecule has 2 aromatic heterocycles. The molecule has 0 aromatic carbocycles. The topological polar surface area (TPSA) is 102 Å². The number of fused-ring (bicyclic) bond motifs is 1. The Kier molecular flexibility index (Phi) is 2.51. The summed E-state index contributed by atoms with van der Waals surface area (Å²) in [7, 11) is 0. The van der Waals surface area contributed by atoms with Gasteiger partial charge in [0.1, 0.15) is 5.82 Å². The van der Waals surface area contributed by atoms with Crippen LogP contribution in [-0.4, -0.2) is 16.2 Å². The largest absolute Gasteiger partial charge is 0.404 e. The van der Waals surface area contributed by atoms with Crippen molar-refractivity contribution in [3.8, 4) is 0 Å². The van der Waals surface area contributed by atoms with E-state index in [1.54, 1.807) is 18.3 Å². The first-order chi connectivity index (χ1) is 7.74. The zero-order valence-corrected chi connectivity index (χ0v) is 8.51. The van der Waals surface area contributed by atoms with Crippen LogP contribution in [0.25, 0.3) is 16.6 Å². The zero-order valence-electron chi connectivity index (χ0n) is 8.51. The Balaban J connectivity index is 2.63. The normalized spacial score (nSPS) is 11.6. The van der Waals surface area contributed by atoms with E-state index in [0.717, 1.165) is 11.1 Å². The van der Waals surface area contributed by atoms with Gasteiger partial charge in [0.25, 0.3) is 0 Å². The molecule has 80 valence electrons. The minimum Gasteiger partial charge on any atom is -0.404 e. The zero-order chi connectivity index (χ0) is 11.5. The van der Waals surface area contributed by atoms with Crippen LogP contribution < -0.4 is 11.5 Å². The lowest BCUT2D eigenvalue weighted by molar-refractivity contribution is 1.33. The Morgan fingerprint density at radius 1 is 1.31 bits per heavy atom. The minimum atomic E-state index is 0.444. The fourth-order valence-corrected chi connectivity index (χ4v) is 1.41. The molecular formula is C11H11N5. The van der Waals surface area contributed by atoms with Crippen LogP contribution in [0.3, 0.4) is 0 Å². The smallest absolute Gasteiger partial charge is 0.124 e. The summed E-state index contributed by atoms with van der Waals surface area (Å²) in [5, 5.41) is 7.20. The number of hydrogen-bond acceptors (Lipinski definition) is 5. The van der Waals surface area contributed by atoms with Crippen molar-refractivity contribution in [2.75, 3.05) is 5.73 Å². The second-order valence-corrected chi connectivity index (χ2v) is 3.26. The Hall–Kier alpha value is -2.43. The number of aromatic nitrogens is 2. The molecule has 2 heterocycles. The molecule has 0 spiro atoms. The molecule has 0 bridgehead atoms. The van der Waals surface area contributed by atoms with E-state index in [1.807, 2.05) is 6.07 Å². The monoisotopic (exact) mass is 213 g/mol. The molecule has 2 rings (SSSR count). The first-order valence-electron chi connectivity index (χ1n) is 4.69. The van der Waals surface area contributed by atoms with Crippen LogP contribution in [0.5, 0.6) is 0 Å². The highest BCUT2D eigenvalue weighted by Crippen LogP contribution is 2.17. The standard InChI is InChI=1S/C11H11N5/c12-4-8(5-13)7-3-10-9(15-6-7)1-2-11(14)16-10/h1-6,12H,13H2,(H2,14,16). The highest BCUT2D eigenvalue weighted by Gasteiger charge is 2.02. The number of allylic oxidation sites excluding steroid dienone is 1. The average Bonchev–Trinajstić information content (AvgIpc) is 2.30. The van der Waals surface area contributed by atoms with Gasteiger partial charge in [0.05, 0.1) is 11.0 Å². The lowest BCUT2D eigenvalue weighted by Crippen LogP contribution is -1.95. The average molecular weight is 213 g/mol. The van der Waals surface area contributed by atoms with Gasteiger partial charge in [0, 0.05) is 29.7 Å². The third kappa shape index (κ3) is 1.70. The van der Waals surface area contributed by atoms with Crippen LogP contribution in [0, 0.1) is 5.41 Å². The summed E-state index contributed by atoms with van der Waals surface area (Å²) in [5.41, 5.74) is 13.8. The molecule has 0 aliphatic carbocycles. The van der Waals surface area contributed by atoms with Crippen LogP contribution in [0.1, 0.15) is 5.56 Å². The summed E-state index contributed by atoms with van der Waals surface area (Å²) in [6.45, 7) is 0. The molecule has 16 heavy (non-hydrogen) atoms. The molecule has 5 heteroatoms. The second kappa shape index (κ2) is 3.98. The summed E-state index contributed by atoms with van der Waals surface area (Å²) in [5.74, 6) is 0.444. The number of anilines is 1. The summed E-state index contributed by atoms with van der Waals surface area (Å²) in [6, 6.07) is 5.31. The number of nitrogens with one attached hydrogen (secondary N) is 1. The summed E-state index contributed by atoms with van der Waals surface area (Å²) in [4.78, 5) is 8.38. The van der Waals surface area contributed by atoms with Crippen LogP contribution >= 0.6 is 0 Å². The van der Waals surface area contributed by atoms with Crippen molar-refractivity contribution in [2.45, 2.75) is 0 Å². The lowest BCUT2D eigenvalue weighted by Gasteiger charge is -2.02. The predicted molar refractivity (Wildman–Crippen MR) is 64.9 cm³/mol. The molecule has 0 saturated carbocycles. The van der Waals surface area contributed by atoms with E-state index in [-0.39, 0.29) is 0 Å². The first-order valence-corrected chi connectivity index (χ1v) is 4.69. The van der Waals surface area contributed by atoms with E-state index in [2.05, 4.69) is 9.97 Å². The summed E-state index contributed by atoms with van der Waals surface area (Å²) in [6.07, 6.45) is 4.20. The van der Waals surface area contributed by atoms with Gasteiger partial charge in [0.2, 0.25) is 0 Å². The van der Waals surface area contributed by atoms with Gasteiger partial charge in [0.15, 0.2) is 0 Å². The SMILES string of the molecule is N=CC(=CN)c1cnc2ccc(N)nc2c1. The van der Waals surface area contributed by atoms with Crippen molar-refractivity contribution in [3.63, 3.8) is 0 Å². The summed E-state index contributed by atoms with van der Waals surface area (Å²) < 4.78 is 0. The molecule has 0 aliphatic heterocycles. The van der Waals surface area contributed by atoms with Crippen LogP contribution in [0.15, 0.2) is 30.6 Å². The first kappa shape index (κ1) is 10.1. The van der Waals surface area contributed by atoms with Crippen LogP contribution in [-0.2, 0) is 0 Å². The lowest BCUT2D eigenvalue weighted by atomic mass is 10.1. The van der Waals surface area contributed by atoms with Crippen molar-refractivity contribution in [3.05, 3.63) is 36.2 Å². The van der Waals surface area contributed by atoms with E-state index >= 15 is 0 Å². The highest BCUT2D eigenvalue weighted by atomic mass is 14.8. The number of nitrogen functional groups attached to an aromatic ring is 1. The van der Waals surface area contributed by atoms with Crippen LogP contribution in [0.2, 0.25) is 0 Å². The highest BCUT2D eigenvalue weighted by molar-refractivity contribution is 6.08. The van der Waals surface area contributed by atoms with E-state index < -0.39 is 0 Å². The Bertz CT molecular complexity index is 574. The predicted octanol–water partition coefficient (Wildman–Crippen LogP) is 1.16. The van der Waals surface area contributed by atoms with E-state index in [0.29, 0.717) is 16.9 Å². The minimum absolute atomic E-state index is 0.444. The molecule has 0 radical (unpaired) electrons. The van der Waals surface area contributed by atoms with Crippen molar-refractivity contribution < 1.29 is 0 Å². The molecule has 0 saturated heterocycles. The molecule has 5 nitrogen and oxygen atoms in total. The third-order valence-electron chi connectivity index (χ3n) is 2.23. The second-order valence-electron chi connectivity index (χ2n) is 3.26. The van der Waals surface area contributed by atoms with Gasteiger partial charge in [-0.15, -0.1) is 0 Å². The van der Waals surface area contributed by atoms with Gasteiger partial charge in [-0.05, 0) is 18.2 Å². The van der Waals surface area contributed by atoms with Crippen LogP contribution in [0.4, 0.5) is 5.82 Å². The Morgan fingerprint density at radius 2 is 2.12 bits per heavy atom. The number of nitrogens with zero attached hydrogens (tertiary/aromatic N) is 2. The van der Waals surface area contributed by atoms with E-state index in [4.69, 9.17) is 16.9 Å². The van der Waals surface area contributed by atoms with Gasteiger partial charge < -0.3 is 16.9 Å². The van der Waals surface area contributed by atoms with E-state index in [1.165, 1.54) is 12.4 Å². The Labute approximate surface area is 92.3 Å². The number of nitrogens with two attached hydrogens (primary N) is 2. The molecule has 0 amide bonds. The number of pyridine rings is 2. The van der Waals surface area contributed by atoms with Crippen molar-refractivity contribution >= 4 is 28.6 Å². The quantitative estimate of drug-likeness (QED) is 0.651. The molecule has 0 aliphatic rings. The molecule has 5 N–H and O–H groups in total. The maximum Gasteiger partial charge on any atom is 0.124 e. The van der Waals surface area contributed by atoms with Gasteiger partial charge in [-0.25, -0.2) is 4.98 Å². The molecule has 0 atom stereocenters. The van der Waals surface area contributed by atoms with Gasteiger partial charge in [-0.2, -0.15) is 0 Å².